The standard InChI is InChI=1S/C17H27FN2O/c1-3-20-16(14-10-15(18)12-19-11-14)17(21-4-2)13-8-6-5-7-9-13/h10-13,16-17,20H,3-9H2,1-2H3. The van der Waals surface area contributed by atoms with Gasteiger partial charge in [0.05, 0.1) is 18.3 Å². The molecule has 2 rings (SSSR count). The fourth-order valence-corrected chi connectivity index (χ4v) is 3.40. The molecule has 0 aliphatic heterocycles. The molecule has 2 atom stereocenters. The molecule has 1 fully saturated rings. The predicted molar refractivity (Wildman–Crippen MR) is 82.6 cm³/mol. The van der Waals surface area contributed by atoms with Crippen LogP contribution in [0.1, 0.15) is 57.6 Å². The van der Waals surface area contributed by atoms with Crippen LogP contribution in [0.4, 0.5) is 4.39 Å². The Hall–Kier alpha value is -1.00. The summed E-state index contributed by atoms with van der Waals surface area (Å²) in [6, 6.07) is 1.59. The molecule has 0 bridgehead atoms. The number of pyridine rings is 1. The van der Waals surface area contributed by atoms with Gasteiger partial charge >= 0.3 is 0 Å². The summed E-state index contributed by atoms with van der Waals surface area (Å²) in [5, 5.41) is 3.48. The second kappa shape index (κ2) is 8.44. The smallest absolute Gasteiger partial charge is 0.141 e. The fourth-order valence-electron chi connectivity index (χ4n) is 3.40. The van der Waals surface area contributed by atoms with E-state index in [0.717, 1.165) is 12.1 Å². The number of hydrogen-bond acceptors (Lipinski definition) is 3. The van der Waals surface area contributed by atoms with Crippen molar-refractivity contribution in [3.63, 3.8) is 0 Å². The summed E-state index contributed by atoms with van der Waals surface area (Å²) in [5.74, 6) is 0.264. The Balaban J connectivity index is 2.22. The molecule has 0 aromatic carbocycles. The molecule has 1 N–H and O–H groups in total. The zero-order valence-corrected chi connectivity index (χ0v) is 13.1. The fraction of sp³-hybridized carbons (Fsp3) is 0.706. The summed E-state index contributed by atoms with van der Waals surface area (Å²) < 4.78 is 19.6. The molecule has 21 heavy (non-hydrogen) atoms. The van der Waals surface area contributed by atoms with Crippen LogP contribution in [-0.4, -0.2) is 24.2 Å². The highest BCUT2D eigenvalue weighted by Gasteiger charge is 2.32. The maximum Gasteiger partial charge on any atom is 0.141 e. The van der Waals surface area contributed by atoms with Gasteiger partial charge in [-0.2, -0.15) is 0 Å². The minimum Gasteiger partial charge on any atom is -0.376 e. The Labute approximate surface area is 127 Å². The Morgan fingerprint density at radius 3 is 2.67 bits per heavy atom. The summed E-state index contributed by atoms with van der Waals surface area (Å²) in [4.78, 5) is 4.00. The van der Waals surface area contributed by atoms with Crippen LogP contribution < -0.4 is 5.32 Å². The third-order valence-electron chi connectivity index (χ3n) is 4.31. The zero-order chi connectivity index (χ0) is 15.1. The maximum absolute atomic E-state index is 13.5. The minimum absolute atomic E-state index is 0.0150. The molecule has 1 aliphatic carbocycles. The van der Waals surface area contributed by atoms with Gasteiger partial charge in [-0.05, 0) is 43.9 Å². The van der Waals surface area contributed by atoms with E-state index in [1.54, 1.807) is 12.3 Å². The molecule has 0 spiro atoms. The molecule has 118 valence electrons. The highest BCUT2D eigenvalue weighted by Crippen LogP contribution is 2.34. The first kappa shape index (κ1) is 16.4. The molecule has 3 nitrogen and oxygen atoms in total. The van der Waals surface area contributed by atoms with Crippen LogP contribution in [0.15, 0.2) is 18.5 Å². The summed E-state index contributed by atoms with van der Waals surface area (Å²) in [7, 11) is 0. The van der Waals surface area contributed by atoms with Crippen molar-refractivity contribution in [2.24, 2.45) is 5.92 Å². The van der Waals surface area contributed by atoms with Crippen molar-refractivity contribution in [2.45, 2.75) is 58.1 Å². The van der Waals surface area contributed by atoms with Crippen LogP contribution in [0.3, 0.4) is 0 Å². The van der Waals surface area contributed by atoms with Gasteiger partial charge in [-0.1, -0.05) is 26.2 Å². The average molecular weight is 294 g/mol. The number of nitrogens with one attached hydrogen (secondary N) is 1. The first-order valence-electron chi connectivity index (χ1n) is 8.21. The number of nitrogens with zero attached hydrogens (tertiary/aromatic N) is 1. The molecule has 2 unspecified atom stereocenters. The quantitative estimate of drug-likeness (QED) is 0.829. The Bertz CT molecular complexity index is 421. The van der Waals surface area contributed by atoms with E-state index in [0.29, 0.717) is 12.5 Å². The molecular formula is C17H27FN2O. The monoisotopic (exact) mass is 294 g/mol. The van der Waals surface area contributed by atoms with Gasteiger partial charge in [0.2, 0.25) is 0 Å². The van der Waals surface area contributed by atoms with E-state index in [1.165, 1.54) is 38.3 Å². The number of ether oxygens (including phenoxy) is 1. The molecule has 1 aliphatic rings. The van der Waals surface area contributed by atoms with Gasteiger partial charge in [-0.25, -0.2) is 4.39 Å². The van der Waals surface area contributed by atoms with E-state index >= 15 is 0 Å². The SMILES string of the molecule is CCNC(c1cncc(F)c1)C(OCC)C1CCCCC1. The van der Waals surface area contributed by atoms with E-state index in [-0.39, 0.29) is 18.0 Å². The molecule has 0 saturated heterocycles. The molecule has 0 amide bonds. The van der Waals surface area contributed by atoms with Crippen molar-refractivity contribution in [3.05, 3.63) is 29.8 Å². The van der Waals surface area contributed by atoms with Crippen LogP contribution in [0, 0.1) is 11.7 Å². The van der Waals surface area contributed by atoms with Gasteiger partial charge < -0.3 is 10.1 Å². The molecule has 0 radical (unpaired) electrons. The largest absolute Gasteiger partial charge is 0.376 e. The van der Waals surface area contributed by atoms with Crippen molar-refractivity contribution in [3.8, 4) is 0 Å². The Morgan fingerprint density at radius 1 is 1.29 bits per heavy atom. The third kappa shape index (κ3) is 4.48. The molecule has 1 aromatic rings. The van der Waals surface area contributed by atoms with E-state index in [9.17, 15) is 4.39 Å². The molecular weight excluding hydrogens is 267 g/mol. The first-order chi connectivity index (χ1) is 10.3. The molecule has 1 heterocycles. The van der Waals surface area contributed by atoms with Crippen molar-refractivity contribution in [1.82, 2.24) is 10.3 Å². The summed E-state index contributed by atoms with van der Waals surface area (Å²) in [6.45, 7) is 5.62. The van der Waals surface area contributed by atoms with Crippen molar-refractivity contribution in [2.75, 3.05) is 13.2 Å². The second-order valence-electron chi connectivity index (χ2n) is 5.79. The van der Waals surface area contributed by atoms with Crippen molar-refractivity contribution in [1.29, 1.82) is 0 Å². The van der Waals surface area contributed by atoms with E-state index in [4.69, 9.17) is 4.74 Å². The summed E-state index contributed by atoms with van der Waals surface area (Å²) in [5.41, 5.74) is 0.890. The summed E-state index contributed by atoms with van der Waals surface area (Å²) >= 11 is 0. The lowest BCUT2D eigenvalue weighted by Gasteiger charge is -2.36. The van der Waals surface area contributed by atoms with Crippen LogP contribution in [0.2, 0.25) is 0 Å². The van der Waals surface area contributed by atoms with Gasteiger partial charge in [0.25, 0.3) is 0 Å². The topological polar surface area (TPSA) is 34.2 Å². The van der Waals surface area contributed by atoms with E-state index < -0.39 is 0 Å². The molecule has 1 saturated carbocycles. The first-order valence-corrected chi connectivity index (χ1v) is 8.21. The highest BCUT2D eigenvalue weighted by atomic mass is 19.1. The number of likely N-dealkylation sites (N-methyl/N-ethyl adjacent to an activating group) is 1. The maximum atomic E-state index is 13.5. The lowest BCUT2D eigenvalue weighted by molar-refractivity contribution is -0.0181. The Morgan fingerprint density at radius 2 is 2.05 bits per heavy atom. The van der Waals surface area contributed by atoms with Crippen LogP contribution in [0.25, 0.3) is 0 Å². The average Bonchev–Trinajstić information content (AvgIpc) is 2.51. The van der Waals surface area contributed by atoms with Gasteiger partial charge in [0, 0.05) is 12.8 Å². The predicted octanol–water partition coefficient (Wildman–Crippen LogP) is 3.86. The second-order valence-corrected chi connectivity index (χ2v) is 5.79. The molecule has 4 heteroatoms. The highest BCUT2D eigenvalue weighted by molar-refractivity contribution is 5.17. The number of hydrogen-bond donors (Lipinski definition) is 1. The van der Waals surface area contributed by atoms with Crippen molar-refractivity contribution < 1.29 is 9.13 Å². The number of aromatic nitrogens is 1. The van der Waals surface area contributed by atoms with Gasteiger partial charge in [-0.3, -0.25) is 4.98 Å². The third-order valence-corrected chi connectivity index (χ3v) is 4.31. The van der Waals surface area contributed by atoms with Crippen LogP contribution in [-0.2, 0) is 4.74 Å². The van der Waals surface area contributed by atoms with Gasteiger partial charge in [-0.15, -0.1) is 0 Å². The van der Waals surface area contributed by atoms with Crippen LogP contribution >= 0.6 is 0 Å². The number of rotatable bonds is 7. The van der Waals surface area contributed by atoms with E-state index in [1.807, 2.05) is 6.92 Å². The lowest BCUT2D eigenvalue weighted by atomic mass is 9.81. The van der Waals surface area contributed by atoms with Crippen LogP contribution in [0.5, 0.6) is 0 Å². The van der Waals surface area contributed by atoms with Crippen molar-refractivity contribution >= 4 is 0 Å². The lowest BCUT2D eigenvalue weighted by Crippen LogP contribution is -2.40. The minimum atomic E-state index is -0.283. The Kier molecular flexibility index (Phi) is 6.58. The van der Waals surface area contributed by atoms with Gasteiger partial charge in [0.15, 0.2) is 0 Å². The summed E-state index contributed by atoms with van der Waals surface area (Å²) in [6.07, 6.45) is 9.38. The normalized spacial score (nSPS) is 19.4. The van der Waals surface area contributed by atoms with E-state index in [2.05, 4.69) is 17.2 Å². The molecule has 1 aromatic heterocycles. The number of halogens is 1. The van der Waals surface area contributed by atoms with Gasteiger partial charge in [0.1, 0.15) is 5.82 Å². The zero-order valence-electron chi connectivity index (χ0n) is 13.1.